The zero-order valence-corrected chi connectivity index (χ0v) is 9.79. The molecule has 2 aromatic carbocycles. The third-order valence-corrected chi connectivity index (χ3v) is 2.55. The highest BCUT2D eigenvalue weighted by atomic mass is 19.1. The second-order valence-electron chi connectivity index (χ2n) is 3.98. The maximum Gasteiger partial charge on any atom is 0.128 e. The lowest BCUT2D eigenvalue weighted by Crippen LogP contribution is -2.04. The van der Waals surface area contributed by atoms with Crippen LogP contribution in [0.4, 0.5) is 14.5 Å². The molecule has 0 aliphatic carbocycles. The van der Waals surface area contributed by atoms with Gasteiger partial charge in [-0.3, -0.25) is 0 Å². The third-order valence-electron chi connectivity index (χ3n) is 2.55. The smallest absolute Gasteiger partial charge is 0.128 e. The standard InChI is InChI=1S/C15H13F2N/c1-11(12-5-3-2-4-6-12)10-18-15-8-13(16)7-14(17)9-15/h2-9,18H,1,10H2. The predicted molar refractivity (Wildman–Crippen MR) is 70.3 cm³/mol. The van der Waals surface area contributed by atoms with E-state index in [9.17, 15) is 8.78 Å². The van der Waals surface area contributed by atoms with Crippen molar-refractivity contribution in [2.45, 2.75) is 0 Å². The Morgan fingerprint density at radius 2 is 1.61 bits per heavy atom. The van der Waals surface area contributed by atoms with E-state index in [4.69, 9.17) is 0 Å². The van der Waals surface area contributed by atoms with Gasteiger partial charge in [0, 0.05) is 18.3 Å². The number of hydrogen-bond acceptors (Lipinski definition) is 1. The van der Waals surface area contributed by atoms with Gasteiger partial charge in [0.25, 0.3) is 0 Å². The third kappa shape index (κ3) is 3.17. The molecular formula is C15H13F2N. The fourth-order valence-electron chi connectivity index (χ4n) is 1.64. The topological polar surface area (TPSA) is 12.0 Å². The zero-order valence-electron chi connectivity index (χ0n) is 9.79. The van der Waals surface area contributed by atoms with Crippen molar-refractivity contribution in [2.75, 3.05) is 11.9 Å². The second kappa shape index (κ2) is 5.45. The van der Waals surface area contributed by atoms with Crippen molar-refractivity contribution in [3.05, 3.63) is 72.3 Å². The van der Waals surface area contributed by atoms with Crippen LogP contribution in [0.15, 0.2) is 55.1 Å². The summed E-state index contributed by atoms with van der Waals surface area (Å²) in [5.74, 6) is -1.19. The van der Waals surface area contributed by atoms with Gasteiger partial charge in [-0.25, -0.2) is 8.78 Å². The molecule has 0 aromatic heterocycles. The molecule has 1 nitrogen and oxygen atoms in total. The zero-order chi connectivity index (χ0) is 13.0. The van der Waals surface area contributed by atoms with Gasteiger partial charge in [0.15, 0.2) is 0 Å². The average molecular weight is 245 g/mol. The maximum absolute atomic E-state index is 13.0. The molecule has 0 heterocycles. The number of benzene rings is 2. The summed E-state index contributed by atoms with van der Waals surface area (Å²) in [6.45, 7) is 4.37. The molecule has 0 unspecified atom stereocenters. The molecule has 0 atom stereocenters. The van der Waals surface area contributed by atoms with Crippen molar-refractivity contribution in [1.82, 2.24) is 0 Å². The van der Waals surface area contributed by atoms with Crippen LogP contribution in [0.3, 0.4) is 0 Å². The summed E-state index contributed by atoms with van der Waals surface area (Å²) in [6.07, 6.45) is 0. The molecule has 92 valence electrons. The van der Waals surface area contributed by atoms with E-state index < -0.39 is 11.6 Å². The summed E-state index contributed by atoms with van der Waals surface area (Å²) >= 11 is 0. The molecule has 0 amide bonds. The van der Waals surface area contributed by atoms with E-state index in [1.807, 2.05) is 30.3 Å². The summed E-state index contributed by atoms with van der Waals surface area (Å²) in [4.78, 5) is 0. The molecule has 0 aliphatic rings. The van der Waals surface area contributed by atoms with Crippen LogP contribution in [0, 0.1) is 11.6 Å². The van der Waals surface area contributed by atoms with E-state index in [0.717, 1.165) is 17.2 Å². The first-order valence-corrected chi connectivity index (χ1v) is 5.58. The van der Waals surface area contributed by atoms with Crippen LogP contribution >= 0.6 is 0 Å². The van der Waals surface area contributed by atoms with E-state index in [1.165, 1.54) is 12.1 Å². The number of halogens is 2. The minimum absolute atomic E-state index is 0.407. The summed E-state index contributed by atoms with van der Waals surface area (Å²) in [5, 5.41) is 2.95. The molecule has 0 saturated carbocycles. The van der Waals surface area contributed by atoms with Gasteiger partial charge in [-0.1, -0.05) is 36.9 Å². The highest BCUT2D eigenvalue weighted by Crippen LogP contribution is 2.16. The van der Waals surface area contributed by atoms with Gasteiger partial charge in [0.1, 0.15) is 11.6 Å². The van der Waals surface area contributed by atoms with Crippen LogP contribution in [-0.4, -0.2) is 6.54 Å². The van der Waals surface area contributed by atoms with Crippen LogP contribution in [0.1, 0.15) is 5.56 Å². The van der Waals surface area contributed by atoms with Crippen LogP contribution < -0.4 is 5.32 Å². The summed E-state index contributed by atoms with van der Waals surface area (Å²) in [7, 11) is 0. The minimum Gasteiger partial charge on any atom is -0.381 e. The van der Waals surface area contributed by atoms with Crippen LogP contribution in [0.25, 0.3) is 5.57 Å². The molecule has 2 rings (SSSR count). The van der Waals surface area contributed by atoms with E-state index in [1.54, 1.807) is 0 Å². The minimum atomic E-state index is -0.595. The Bertz CT molecular complexity index is 529. The number of anilines is 1. The molecule has 1 N–H and O–H groups in total. The second-order valence-corrected chi connectivity index (χ2v) is 3.98. The first-order chi connectivity index (χ1) is 8.65. The number of hydrogen-bond donors (Lipinski definition) is 1. The van der Waals surface area contributed by atoms with Crippen molar-refractivity contribution in [3.63, 3.8) is 0 Å². The lowest BCUT2D eigenvalue weighted by atomic mass is 10.1. The van der Waals surface area contributed by atoms with E-state index in [-0.39, 0.29) is 0 Å². The Hall–Kier alpha value is -2.16. The highest BCUT2D eigenvalue weighted by Gasteiger charge is 2.02. The van der Waals surface area contributed by atoms with Crippen LogP contribution in [-0.2, 0) is 0 Å². The molecule has 0 bridgehead atoms. The normalized spacial score (nSPS) is 10.1. The van der Waals surface area contributed by atoms with Gasteiger partial charge >= 0.3 is 0 Å². The molecular weight excluding hydrogens is 232 g/mol. The SMILES string of the molecule is C=C(CNc1cc(F)cc(F)c1)c1ccccc1. The number of nitrogens with one attached hydrogen (secondary N) is 1. The molecule has 0 saturated heterocycles. The first kappa shape index (κ1) is 12.3. The first-order valence-electron chi connectivity index (χ1n) is 5.58. The molecule has 0 aliphatic heterocycles. The molecule has 2 aromatic rings. The Labute approximate surface area is 105 Å². The summed E-state index contributed by atoms with van der Waals surface area (Å²) in [5.41, 5.74) is 2.27. The van der Waals surface area contributed by atoms with Gasteiger partial charge in [-0.05, 0) is 23.3 Å². The maximum atomic E-state index is 13.0. The largest absolute Gasteiger partial charge is 0.381 e. The lowest BCUT2D eigenvalue weighted by molar-refractivity contribution is 0.584. The quantitative estimate of drug-likeness (QED) is 0.855. The number of rotatable bonds is 4. The van der Waals surface area contributed by atoms with Crippen molar-refractivity contribution < 1.29 is 8.78 Å². The summed E-state index contributed by atoms with van der Waals surface area (Å²) in [6, 6.07) is 13.0. The van der Waals surface area contributed by atoms with Gasteiger partial charge in [-0.15, -0.1) is 0 Å². The monoisotopic (exact) mass is 245 g/mol. The molecule has 0 radical (unpaired) electrons. The van der Waals surface area contributed by atoms with E-state index in [2.05, 4.69) is 11.9 Å². The molecule has 3 heteroatoms. The van der Waals surface area contributed by atoms with Crippen LogP contribution in [0.5, 0.6) is 0 Å². The van der Waals surface area contributed by atoms with Gasteiger partial charge in [0.2, 0.25) is 0 Å². The fourth-order valence-corrected chi connectivity index (χ4v) is 1.64. The average Bonchev–Trinajstić information content (AvgIpc) is 2.36. The van der Waals surface area contributed by atoms with E-state index in [0.29, 0.717) is 12.2 Å². The van der Waals surface area contributed by atoms with Crippen molar-refractivity contribution >= 4 is 11.3 Å². The predicted octanol–water partition coefficient (Wildman–Crippen LogP) is 4.09. The molecule has 18 heavy (non-hydrogen) atoms. The van der Waals surface area contributed by atoms with Crippen molar-refractivity contribution in [3.8, 4) is 0 Å². The van der Waals surface area contributed by atoms with Crippen molar-refractivity contribution in [2.24, 2.45) is 0 Å². The Morgan fingerprint density at radius 3 is 2.22 bits per heavy atom. The van der Waals surface area contributed by atoms with Gasteiger partial charge in [-0.2, -0.15) is 0 Å². The fraction of sp³-hybridized carbons (Fsp3) is 0.0667. The summed E-state index contributed by atoms with van der Waals surface area (Å²) < 4.78 is 25.9. The Kier molecular flexibility index (Phi) is 3.72. The Morgan fingerprint density at radius 1 is 1.00 bits per heavy atom. The molecule has 0 fully saturated rings. The highest BCUT2D eigenvalue weighted by molar-refractivity contribution is 5.67. The Balaban J connectivity index is 2.02. The van der Waals surface area contributed by atoms with Gasteiger partial charge in [0.05, 0.1) is 0 Å². The van der Waals surface area contributed by atoms with E-state index >= 15 is 0 Å². The van der Waals surface area contributed by atoms with Crippen LogP contribution in [0.2, 0.25) is 0 Å². The molecule has 0 spiro atoms. The van der Waals surface area contributed by atoms with Gasteiger partial charge < -0.3 is 5.32 Å². The van der Waals surface area contributed by atoms with Crippen molar-refractivity contribution in [1.29, 1.82) is 0 Å². The lowest BCUT2D eigenvalue weighted by Gasteiger charge is -2.09.